The van der Waals surface area contributed by atoms with Crippen LogP contribution < -0.4 is 11.1 Å². The quantitative estimate of drug-likeness (QED) is 0.573. The lowest BCUT2D eigenvalue weighted by atomic mass is 9.70. The van der Waals surface area contributed by atoms with E-state index in [0.717, 1.165) is 6.42 Å². The fourth-order valence-electron chi connectivity index (χ4n) is 2.61. The van der Waals surface area contributed by atoms with Crippen LogP contribution >= 0.6 is 0 Å². The van der Waals surface area contributed by atoms with E-state index in [1.54, 1.807) is 0 Å². The highest BCUT2D eigenvalue weighted by Gasteiger charge is 2.47. The Labute approximate surface area is 76.9 Å². The van der Waals surface area contributed by atoms with Gasteiger partial charge in [0.15, 0.2) is 0 Å². The van der Waals surface area contributed by atoms with E-state index in [1.807, 2.05) is 0 Å². The van der Waals surface area contributed by atoms with Gasteiger partial charge in [-0.1, -0.05) is 0 Å². The molecule has 0 aromatic carbocycles. The molecule has 1 saturated heterocycles. The van der Waals surface area contributed by atoms with Crippen molar-refractivity contribution in [1.82, 2.24) is 5.32 Å². The minimum atomic E-state index is -0.896. The Morgan fingerprint density at radius 1 is 1.54 bits per heavy atom. The van der Waals surface area contributed by atoms with Gasteiger partial charge in [0.25, 0.3) is 0 Å². The van der Waals surface area contributed by atoms with E-state index in [1.165, 1.54) is 0 Å². The molecule has 0 aromatic rings. The molecule has 13 heavy (non-hydrogen) atoms. The number of alkyl halides is 1. The zero-order chi connectivity index (χ0) is 9.47. The molecule has 1 amide bonds. The molecule has 2 rings (SSSR count). The van der Waals surface area contributed by atoms with Crippen molar-refractivity contribution in [3.63, 3.8) is 0 Å². The number of hydrogen-bond acceptors (Lipinski definition) is 2. The number of nitrogens with one attached hydrogen (secondary N) is 1. The molecule has 2 aliphatic rings. The van der Waals surface area contributed by atoms with E-state index >= 15 is 0 Å². The molecular formula is C9H15FN2O. The highest BCUT2D eigenvalue weighted by Crippen LogP contribution is 2.42. The van der Waals surface area contributed by atoms with Crippen molar-refractivity contribution in [2.24, 2.45) is 11.1 Å². The summed E-state index contributed by atoms with van der Waals surface area (Å²) in [6, 6.07) is -0.146. The Kier molecular flexibility index (Phi) is 2.02. The topological polar surface area (TPSA) is 55.1 Å². The van der Waals surface area contributed by atoms with Crippen molar-refractivity contribution in [2.45, 2.75) is 37.9 Å². The first-order valence-electron chi connectivity index (χ1n) is 4.80. The highest BCUT2D eigenvalue weighted by atomic mass is 19.1. The third-order valence-corrected chi connectivity index (χ3v) is 3.19. The molecule has 0 bridgehead atoms. The molecule has 3 atom stereocenters. The summed E-state index contributed by atoms with van der Waals surface area (Å²) < 4.78 is 13.2. The van der Waals surface area contributed by atoms with Gasteiger partial charge in [-0.05, 0) is 25.7 Å². The smallest absolute Gasteiger partial charge is 0.226 e. The maximum absolute atomic E-state index is 13.2. The highest BCUT2D eigenvalue weighted by molar-refractivity contribution is 5.84. The molecule has 4 heteroatoms. The number of carbonyl (C=O) groups is 1. The number of rotatable bonds is 0. The number of nitrogens with two attached hydrogens (primary N) is 1. The number of amides is 1. The van der Waals surface area contributed by atoms with E-state index in [4.69, 9.17) is 5.73 Å². The fourth-order valence-corrected chi connectivity index (χ4v) is 2.61. The van der Waals surface area contributed by atoms with Gasteiger partial charge in [-0.25, -0.2) is 4.39 Å². The molecule has 3 nitrogen and oxygen atoms in total. The normalized spacial score (nSPS) is 45.2. The predicted molar refractivity (Wildman–Crippen MR) is 46.8 cm³/mol. The van der Waals surface area contributed by atoms with Crippen LogP contribution in [0.3, 0.4) is 0 Å². The summed E-state index contributed by atoms with van der Waals surface area (Å²) >= 11 is 0. The van der Waals surface area contributed by atoms with E-state index < -0.39 is 11.6 Å². The van der Waals surface area contributed by atoms with Crippen molar-refractivity contribution in [1.29, 1.82) is 0 Å². The van der Waals surface area contributed by atoms with Gasteiger partial charge in [0, 0.05) is 12.6 Å². The lowest BCUT2D eigenvalue weighted by molar-refractivity contribution is -0.130. The second-order valence-electron chi connectivity index (χ2n) is 4.29. The van der Waals surface area contributed by atoms with Gasteiger partial charge < -0.3 is 11.1 Å². The molecule has 0 radical (unpaired) electrons. The summed E-state index contributed by atoms with van der Waals surface area (Å²) in [6.07, 6.45) is 1.29. The van der Waals surface area contributed by atoms with Crippen LogP contribution in [0.25, 0.3) is 0 Å². The second-order valence-corrected chi connectivity index (χ2v) is 4.29. The molecule has 1 heterocycles. The largest absolute Gasteiger partial charge is 0.356 e. The van der Waals surface area contributed by atoms with E-state index in [-0.39, 0.29) is 11.9 Å². The molecule has 1 saturated carbocycles. The van der Waals surface area contributed by atoms with Crippen molar-refractivity contribution in [2.75, 3.05) is 6.54 Å². The Hall–Kier alpha value is -0.640. The van der Waals surface area contributed by atoms with Crippen LogP contribution in [0.4, 0.5) is 4.39 Å². The second kappa shape index (κ2) is 2.94. The van der Waals surface area contributed by atoms with Gasteiger partial charge in [-0.2, -0.15) is 0 Å². The average molecular weight is 186 g/mol. The lowest BCUT2D eigenvalue weighted by Crippen LogP contribution is -2.44. The third kappa shape index (κ3) is 1.43. The Bertz CT molecular complexity index is 222. The van der Waals surface area contributed by atoms with E-state index in [0.29, 0.717) is 25.8 Å². The molecular weight excluding hydrogens is 171 g/mol. The van der Waals surface area contributed by atoms with Crippen LogP contribution in [0.15, 0.2) is 0 Å². The van der Waals surface area contributed by atoms with Gasteiger partial charge in [0.1, 0.15) is 6.17 Å². The van der Waals surface area contributed by atoms with Gasteiger partial charge in [0.2, 0.25) is 5.91 Å². The third-order valence-electron chi connectivity index (χ3n) is 3.19. The molecule has 1 aliphatic heterocycles. The molecule has 0 aromatic heterocycles. The van der Waals surface area contributed by atoms with Crippen LogP contribution in [0.2, 0.25) is 0 Å². The first kappa shape index (κ1) is 8.94. The lowest BCUT2D eigenvalue weighted by Gasteiger charge is -2.35. The minimum absolute atomic E-state index is 0.00491. The maximum atomic E-state index is 13.2. The number of hydrogen-bond donors (Lipinski definition) is 2. The van der Waals surface area contributed by atoms with Gasteiger partial charge in [-0.3, -0.25) is 4.79 Å². The minimum Gasteiger partial charge on any atom is -0.356 e. The van der Waals surface area contributed by atoms with E-state index in [2.05, 4.69) is 5.32 Å². The summed E-state index contributed by atoms with van der Waals surface area (Å²) in [7, 11) is 0. The van der Waals surface area contributed by atoms with Crippen LogP contribution in [0.1, 0.15) is 25.7 Å². The Morgan fingerprint density at radius 2 is 2.31 bits per heavy atom. The van der Waals surface area contributed by atoms with Crippen LogP contribution in [-0.4, -0.2) is 24.7 Å². The SMILES string of the molecule is N[C@H]1CC(F)C[C@]2(CCNC2=O)C1. The molecule has 1 spiro atoms. The summed E-state index contributed by atoms with van der Waals surface area (Å²) in [5, 5.41) is 2.76. The predicted octanol–water partition coefficient (Wildman–Crippen LogP) is 0.342. The van der Waals surface area contributed by atoms with Crippen molar-refractivity contribution >= 4 is 5.91 Å². The number of halogens is 1. The molecule has 1 unspecified atom stereocenters. The summed E-state index contributed by atoms with van der Waals surface area (Å²) in [5.41, 5.74) is 5.25. The van der Waals surface area contributed by atoms with Gasteiger partial charge in [0.05, 0.1) is 5.41 Å². The fraction of sp³-hybridized carbons (Fsp3) is 0.889. The number of carbonyl (C=O) groups excluding carboxylic acids is 1. The van der Waals surface area contributed by atoms with E-state index in [9.17, 15) is 9.18 Å². The first-order valence-corrected chi connectivity index (χ1v) is 4.80. The van der Waals surface area contributed by atoms with Crippen molar-refractivity contribution < 1.29 is 9.18 Å². The maximum Gasteiger partial charge on any atom is 0.226 e. The molecule has 2 fully saturated rings. The van der Waals surface area contributed by atoms with Crippen LogP contribution in [-0.2, 0) is 4.79 Å². The van der Waals surface area contributed by atoms with Crippen molar-refractivity contribution in [3.05, 3.63) is 0 Å². The van der Waals surface area contributed by atoms with Gasteiger partial charge >= 0.3 is 0 Å². The summed E-state index contributed by atoms with van der Waals surface area (Å²) in [4.78, 5) is 11.5. The zero-order valence-electron chi connectivity index (χ0n) is 7.55. The molecule has 74 valence electrons. The standard InChI is InChI=1S/C9H15FN2O/c10-6-3-7(11)5-9(4-6)1-2-12-8(9)13/h6-7H,1-5,11H2,(H,12,13)/t6?,7-,9+/m0/s1. The molecule has 3 N–H and O–H groups in total. The Morgan fingerprint density at radius 3 is 2.85 bits per heavy atom. The first-order chi connectivity index (χ1) is 6.12. The average Bonchev–Trinajstić information content (AvgIpc) is 2.30. The zero-order valence-corrected chi connectivity index (χ0v) is 7.55. The summed E-state index contributed by atoms with van der Waals surface area (Å²) in [5.74, 6) is 0.00491. The van der Waals surface area contributed by atoms with Crippen molar-refractivity contribution in [3.8, 4) is 0 Å². The monoisotopic (exact) mass is 186 g/mol. The summed E-state index contributed by atoms with van der Waals surface area (Å²) in [6.45, 7) is 0.679. The van der Waals surface area contributed by atoms with Crippen LogP contribution in [0.5, 0.6) is 0 Å². The molecule has 1 aliphatic carbocycles. The Balaban J connectivity index is 2.16. The van der Waals surface area contributed by atoms with Crippen LogP contribution in [0, 0.1) is 5.41 Å². The van der Waals surface area contributed by atoms with Gasteiger partial charge in [-0.15, -0.1) is 0 Å².